The molecule has 1 heterocycles. The van der Waals surface area contributed by atoms with E-state index in [4.69, 9.17) is 23.2 Å². The van der Waals surface area contributed by atoms with Crippen molar-refractivity contribution >= 4 is 34.5 Å². The van der Waals surface area contributed by atoms with Crippen molar-refractivity contribution in [1.82, 2.24) is 5.32 Å². The Morgan fingerprint density at radius 3 is 2.68 bits per heavy atom. The highest BCUT2D eigenvalue weighted by atomic mass is 35.5. The lowest BCUT2D eigenvalue weighted by Gasteiger charge is -2.19. The number of hydrogen-bond donors (Lipinski definition) is 1. The van der Waals surface area contributed by atoms with Crippen LogP contribution in [0.1, 0.15) is 30.5 Å². The van der Waals surface area contributed by atoms with Crippen LogP contribution in [0.4, 0.5) is 0 Å². The highest BCUT2D eigenvalue weighted by Gasteiger charge is 2.13. The van der Waals surface area contributed by atoms with Crippen LogP contribution in [0.15, 0.2) is 35.0 Å². The molecule has 4 heteroatoms. The zero-order valence-corrected chi connectivity index (χ0v) is 13.2. The third-order valence-electron chi connectivity index (χ3n) is 3.01. The first-order valence-corrected chi connectivity index (χ1v) is 8.10. The van der Waals surface area contributed by atoms with E-state index in [1.165, 1.54) is 11.1 Å². The Morgan fingerprint density at radius 2 is 2.05 bits per heavy atom. The molecule has 102 valence electrons. The molecule has 19 heavy (non-hydrogen) atoms. The Hall–Kier alpha value is -0.540. The molecule has 1 N–H and O–H groups in total. The van der Waals surface area contributed by atoms with Crippen LogP contribution in [0.3, 0.4) is 0 Å². The molecule has 0 bridgehead atoms. The SMILES string of the molecule is CCCNC(Cc1ccsc1)c1ccc(Cl)c(Cl)c1. The third kappa shape index (κ3) is 4.22. The van der Waals surface area contributed by atoms with Gasteiger partial charge in [-0.3, -0.25) is 0 Å². The minimum absolute atomic E-state index is 0.282. The van der Waals surface area contributed by atoms with Crippen molar-refractivity contribution in [1.29, 1.82) is 0 Å². The van der Waals surface area contributed by atoms with E-state index >= 15 is 0 Å². The van der Waals surface area contributed by atoms with Gasteiger partial charge in [0.2, 0.25) is 0 Å². The zero-order chi connectivity index (χ0) is 13.7. The Labute approximate surface area is 128 Å². The Kier molecular flexibility index (Phi) is 5.71. The zero-order valence-electron chi connectivity index (χ0n) is 10.8. The first kappa shape index (κ1) is 14.9. The van der Waals surface area contributed by atoms with Crippen molar-refractivity contribution in [2.45, 2.75) is 25.8 Å². The van der Waals surface area contributed by atoms with Gasteiger partial charge >= 0.3 is 0 Å². The van der Waals surface area contributed by atoms with Gasteiger partial charge in [-0.1, -0.05) is 36.2 Å². The van der Waals surface area contributed by atoms with E-state index in [0.29, 0.717) is 10.0 Å². The molecule has 1 aromatic carbocycles. The molecule has 0 saturated carbocycles. The van der Waals surface area contributed by atoms with Crippen LogP contribution in [0, 0.1) is 0 Å². The largest absolute Gasteiger partial charge is 0.310 e. The average molecular weight is 314 g/mol. The van der Waals surface area contributed by atoms with Crippen LogP contribution in [0.25, 0.3) is 0 Å². The van der Waals surface area contributed by atoms with Gasteiger partial charge in [-0.15, -0.1) is 0 Å². The highest BCUT2D eigenvalue weighted by Crippen LogP contribution is 2.27. The molecule has 0 spiro atoms. The van der Waals surface area contributed by atoms with Gasteiger partial charge in [-0.2, -0.15) is 11.3 Å². The van der Waals surface area contributed by atoms with Gasteiger partial charge < -0.3 is 5.32 Å². The summed E-state index contributed by atoms with van der Waals surface area (Å²) in [6.07, 6.45) is 2.09. The molecule has 1 nitrogen and oxygen atoms in total. The minimum atomic E-state index is 0.282. The summed E-state index contributed by atoms with van der Waals surface area (Å²) in [4.78, 5) is 0. The van der Waals surface area contributed by atoms with E-state index in [-0.39, 0.29) is 6.04 Å². The summed E-state index contributed by atoms with van der Waals surface area (Å²) in [6.45, 7) is 3.17. The molecule has 0 aliphatic carbocycles. The summed E-state index contributed by atoms with van der Waals surface area (Å²) in [6, 6.07) is 8.33. The average Bonchev–Trinajstić information content (AvgIpc) is 2.91. The maximum atomic E-state index is 6.12. The standard InChI is InChI=1S/C15H17Cl2NS/c1-2-6-18-15(8-11-5-7-19-10-11)12-3-4-13(16)14(17)9-12/h3-5,7,9-10,15,18H,2,6,8H2,1H3. The summed E-state index contributed by atoms with van der Waals surface area (Å²) >= 11 is 13.8. The number of halogens is 2. The van der Waals surface area contributed by atoms with E-state index in [9.17, 15) is 0 Å². The first-order chi connectivity index (χ1) is 9.20. The van der Waals surface area contributed by atoms with Crippen LogP contribution >= 0.6 is 34.5 Å². The summed E-state index contributed by atoms with van der Waals surface area (Å²) in [5.41, 5.74) is 2.54. The van der Waals surface area contributed by atoms with Gasteiger partial charge in [0.15, 0.2) is 0 Å². The topological polar surface area (TPSA) is 12.0 Å². The van der Waals surface area contributed by atoms with Gasteiger partial charge in [0, 0.05) is 6.04 Å². The molecule has 0 aliphatic heterocycles. The normalized spacial score (nSPS) is 12.6. The van der Waals surface area contributed by atoms with Gasteiger partial charge in [-0.25, -0.2) is 0 Å². The second kappa shape index (κ2) is 7.30. The van der Waals surface area contributed by atoms with Crippen LogP contribution in [-0.4, -0.2) is 6.54 Å². The molecule has 0 saturated heterocycles. The predicted molar refractivity (Wildman–Crippen MR) is 85.5 cm³/mol. The van der Waals surface area contributed by atoms with Crippen LogP contribution in [0.2, 0.25) is 10.0 Å². The maximum absolute atomic E-state index is 6.12. The monoisotopic (exact) mass is 313 g/mol. The third-order valence-corrected chi connectivity index (χ3v) is 4.48. The van der Waals surface area contributed by atoms with Crippen molar-refractivity contribution in [2.24, 2.45) is 0 Å². The van der Waals surface area contributed by atoms with Crippen molar-refractivity contribution in [2.75, 3.05) is 6.54 Å². The smallest absolute Gasteiger partial charge is 0.0595 e. The van der Waals surface area contributed by atoms with Crippen LogP contribution in [-0.2, 0) is 6.42 Å². The molecule has 1 unspecified atom stereocenters. The number of hydrogen-bond acceptors (Lipinski definition) is 2. The molecule has 0 fully saturated rings. The summed E-state index contributed by atoms with van der Waals surface area (Å²) in [7, 11) is 0. The van der Waals surface area contributed by atoms with E-state index in [1.54, 1.807) is 11.3 Å². The molecule has 0 radical (unpaired) electrons. The van der Waals surface area contributed by atoms with Crippen molar-refractivity contribution in [3.8, 4) is 0 Å². The molecular weight excluding hydrogens is 297 g/mol. The van der Waals surface area contributed by atoms with Gasteiger partial charge in [-0.05, 0) is 59.5 Å². The Bertz CT molecular complexity index is 511. The lowest BCUT2D eigenvalue weighted by atomic mass is 10.0. The van der Waals surface area contributed by atoms with Crippen molar-refractivity contribution in [3.05, 3.63) is 56.2 Å². The second-order valence-electron chi connectivity index (χ2n) is 4.52. The van der Waals surface area contributed by atoms with Crippen LogP contribution < -0.4 is 5.32 Å². The molecule has 1 aromatic heterocycles. The fourth-order valence-corrected chi connectivity index (χ4v) is 2.99. The first-order valence-electron chi connectivity index (χ1n) is 6.40. The summed E-state index contributed by atoms with van der Waals surface area (Å²) < 4.78 is 0. The number of benzene rings is 1. The quantitative estimate of drug-likeness (QED) is 0.759. The number of rotatable bonds is 6. The van der Waals surface area contributed by atoms with Gasteiger partial charge in [0.05, 0.1) is 10.0 Å². The summed E-state index contributed by atoms with van der Waals surface area (Å²) in [5.74, 6) is 0. The van der Waals surface area contributed by atoms with Crippen LogP contribution in [0.5, 0.6) is 0 Å². The number of nitrogens with one attached hydrogen (secondary N) is 1. The fraction of sp³-hybridized carbons (Fsp3) is 0.333. The second-order valence-corrected chi connectivity index (χ2v) is 6.11. The molecule has 0 aliphatic rings. The minimum Gasteiger partial charge on any atom is -0.310 e. The molecule has 2 rings (SSSR count). The van der Waals surface area contributed by atoms with Gasteiger partial charge in [0.25, 0.3) is 0 Å². The van der Waals surface area contributed by atoms with E-state index in [0.717, 1.165) is 19.4 Å². The van der Waals surface area contributed by atoms with Crippen molar-refractivity contribution < 1.29 is 0 Å². The lowest BCUT2D eigenvalue weighted by Crippen LogP contribution is -2.24. The number of thiophene rings is 1. The molecule has 2 aromatic rings. The summed E-state index contributed by atoms with van der Waals surface area (Å²) in [5, 5.41) is 9.10. The Balaban J connectivity index is 2.18. The van der Waals surface area contributed by atoms with Gasteiger partial charge in [0.1, 0.15) is 0 Å². The fourth-order valence-electron chi connectivity index (χ4n) is 2.00. The molecular formula is C15H17Cl2NS. The van der Waals surface area contributed by atoms with Crippen molar-refractivity contribution in [3.63, 3.8) is 0 Å². The van der Waals surface area contributed by atoms with E-state index in [2.05, 4.69) is 29.1 Å². The van der Waals surface area contributed by atoms with E-state index < -0.39 is 0 Å². The lowest BCUT2D eigenvalue weighted by molar-refractivity contribution is 0.530. The molecule has 1 atom stereocenters. The Morgan fingerprint density at radius 1 is 1.21 bits per heavy atom. The molecule has 0 amide bonds. The predicted octanol–water partition coefficient (Wildman–Crippen LogP) is 5.34. The maximum Gasteiger partial charge on any atom is 0.0595 e. The van der Waals surface area contributed by atoms with E-state index in [1.807, 2.05) is 18.2 Å². The highest BCUT2D eigenvalue weighted by molar-refractivity contribution is 7.07.